The van der Waals surface area contributed by atoms with E-state index in [0.717, 1.165) is 12.5 Å². The number of sulfonamides is 1. The first kappa shape index (κ1) is 14.8. The fourth-order valence-electron chi connectivity index (χ4n) is 2.63. The summed E-state index contributed by atoms with van der Waals surface area (Å²) in [5.41, 5.74) is 0. The van der Waals surface area contributed by atoms with Gasteiger partial charge in [0.15, 0.2) is 0 Å². The van der Waals surface area contributed by atoms with Gasteiger partial charge in [0.1, 0.15) is 10.7 Å². The minimum Gasteiger partial charge on any atom is -0.207 e. The van der Waals surface area contributed by atoms with Crippen molar-refractivity contribution in [2.45, 2.75) is 25.2 Å². The molecule has 1 aliphatic heterocycles. The van der Waals surface area contributed by atoms with Gasteiger partial charge >= 0.3 is 0 Å². The molecule has 1 saturated heterocycles. The summed E-state index contributed by atoms with van der Waals surface area (Å²) in [4.78, 5) is -0.293. The van der Waals surface area contributed by atoms with Crippen molar-refractivity contribution in [2.24, 2.45) is 11.8 Å². The highest BCUT2D eigenvalue weighted by molar-refractivity contribution is 7.89. The lowest BCUT2D eigenvalue weighted by Gasteiger charge is -2.34. The average Bonchev–Trinajstić information content (AvgIpc) is 2.26. The normalized spacial score (nSPS) is 25.5. The molecule has 0 N–H and O–H groups in total. The van der Waals surface area contributed by atoms with Crippen LogP contribution in [0.25, 0.3) is 0 Å². The van der Waals surface area contributed by atoms with Crippen LogP contribution in [0.4, 0.5) is 4.39 Å². The second-order valence-electron chi connectivity index (χ2n) is 5.34. The van der Waals surface area contributed by atoms with E-state index in [0.29, 0.717) is 13.1 Å². The van der Waals surface area contributed by atoms with Crippen LogP contribution in [0.3, 0.4) is 0 Å². The van der Waals surface area contributed by atoms with Crippen LogP contribution < -0.4 is 0 Å². The molecule has 0 radical (unpaired) electrons. The number of piperidine rings is 1. The van der Waals surface area contributed by atoms with E-state index in [1.165, 1.54) is 16.4 Å². The lowest BCUT2D eigenvalue weighted by molar-refractivity contribution is 0.222. The third kappa shape index (κ3) is 3.09. The zero-order valence-corrected chi connectivity index (χ0v) is 12.5. The van der Waals surface area contributed by atoms with Gasteiger partial charge in [-0.3, -0.25) is 0 Å². The molecule has 0 saturated carbocycles. The molecule has 0 amide bonds. The Kier molecular flexibility index (Phi) is 4.18. The molecule has 1 fully saturated rings. The van der Waals surface area contributed by atoms with Crippen LogP contribution in [0.5, 0.6) is 0 Å². The number of halogens is 2. The van der Waals surface area contributed by atoms with Gasteiger partial charge in [0, 0.05) is 18.1 Å². The Morgan fingerprint density at radius 3 is 2.37 bits per heavy atom. The molecule has 3 nitrogen and oxygen atoms in total. The maximum Gasteiger partial charge on any atom is 0.246 e. The van der Waals surface area contributed by atoms with Crippen LogP contribution in [0.15, 0.2) is 23.1 Å². The Bertz CT molecular complexity index is 566. The summed E-state index contributed by atoms with van der Waals surface area (Å²) in [7, 11) is -3.78. The second-order valence-corrected chi connectivity index (χ2v) is 7.69. The molecule has 106 valence electrons. The van der Waals surface area contributed by atoms with Gasteiger partial charge in [-0.05, 0) is 36.5 Å². The smallest absolute Gasteiger partial charge is 0.207 e. The fourth-order valence-corrected chi connectivity index (χ4v) is 4.51. The van der Waals surface area contributed by atoms with Gasteiger partial charge in [-0.2, -0.15) is 4.31 Å². The number of nitrogens with zero attached hydrogens (tertiary/aromatic N) is 1. The Labute approximate surface area is 118 Å². The summed E-state index contributed by atoms with van der Waals surface area (Å²) in [6.07, 6.45) is 0.995. The van der Waals surface area contributed by atoms with Gasteiger partial charge in [0.25, 0.3) is 0 Å². The molecule has 1 aromatic carbocycles. The summed E-state index contributed by atoms with van der Waals surface area (Å²) < 4.78 is 40.1. The van der Waals surface area contributed by atoms with Crippen LogP contribution in [-0.4, -0.2) is 25.8 Å². The highest BCUT2D eigenvalue weighted by Crippen LogP contribution is 2.28. The maximum atomic E-state index is 13.8. The second kappa shape index (κ2) is 5.38. The largest absolute Gasteiger partial charge is 0.246 e. The molecule has 1 heterocycles. The summed E-state index contributed by atoms with van der Waals surface area (Å²) in [5, 5.41) is 0.192. The molecule has 19 heavy (non-hydrogen) atoms. The molecular formula is C13H17ClFNO2S. The molecule has 6 heteroatoms. The zero-order valence-electron chi connectivity index (χ0n) is 10.9. The quantitative estimate of drug-likeness (QED) is 0.842. The van der Waals surface area contributed by atoms with E-state index in [4.69, 9.17) is 11.6 Å². The van der Waals surface area contributed by atoms with Gasteiger partial charge in [-0.15, -0.1) is 0 Å². The van der Waals surface area contributed by atoms with Crippen LogP contribution in [0.1, 0.15) is 20.3 Å². The van der Waals surface area contributed by atoms with Crippen LogP contribution in [0.2, 0.25) is 5.02 Å². The van der Waals surface area contributed by atoms with Crippen molar-refractivity contribution in [2.75, 3.05) is 13.1 Å². The highest BCUT2D eigenvalue weighted by Gasteiger charge is 2.33. The molecule has 1 aliphatic rings. The first-order chi connectivity index (χ1) is 8.80. The van der Waals surface area contributed by atoms with Crippen molar-refractivity contribution in [3.63, 3.8) is 0 Å². The maximum absolute atomic E-state index is 13.8. The van der Waals surface area contributed by atoms with Crippen molar-refractivity contribution in [3.8, 4) is 0 Å². The monoisotopic (exact) mass is 305 g/mol. The zero-order chi connectivity index (χ0) is 14.2. The standard InChI is InChI=1S/C13H17ClFNO2S/c1-9-5-10(2)8-16(7-9)19(17,18)13-4-3-11(14)6-12(13)15/h3-4,6,9-10H,5,7-8H2,1-2H3/t9-,10+. The number of hydrogen-bond donors (Lipinski definition) is 0. The third-order valence-corrected chi connectivity index (χ3v) is 5.45. The van der Waals surface area contributed by atoms with Crippen molar-refractivity contribution >= 4 is 21.6 Å². The van der Waals surface area contributed by atoms with Crippen molar-refractivity contribution in [1.29, 1.82) is 0 Å². The Morgan fingerprint density at radius 2 is 1.84 bits per heavy atom. The van der Waals surface area contributed by atoms with E-state index in [1.807, 2.05) is 13.8 Å². The first-order valence-corrected chi connectivity index (χ1v) is 8.07. The van der Waals surface area contributed by atoms with Crippen molar-refractivity contribution in [3.05, 3.63) is 29.0 Å². The lowest BCUT2D eigenvalue weighted by atomic mass is 9.94. The molecule has 0 aromatic heterocycles. The van der Waals surface area contributed by atoms with Crippen molar-refractivity contribution < 1.29 is 12.8 Å². The minimum atomic E-state index is -3.78. The number of benzene rings is 1. The van der Waals surface area contributed by atoms with Gasteiger partial charge in [-0.25, -0.2) is 12.8 Å². The highest BCUT2D eigenvalue weighted by atomic mass is 35.5. The average molecular weight is 306 g/mol. The SMILES string of the molecule is C[C@@H]1C[C@H](C)CN(S(=O)(=O)c2ccc(Cl)cc2F)C1. The Morgan fingerprint density at radius 1 is 1.26 bits per heavy atom. The van der Waals surface area contributed by atoms with E-state index in [-0.39, 0.29) is 21.8 Å². The molecule has 0 bridgehead atoms. The Hall–Kier alpha value is -0.650. The molecule has 0 aliphatic carbocycles. The summed E-state index contributed by atoms with van der Waals surface area (Å²) in [5.74, 6) is -0.221. The molecule has 2 rings (SSSR count). The van der Waals surface area contributed by atoms with Gasteiger partial charge in [0.05, 0.1) is 0 Å². The molecular weight excluding hydrogens is 289 g/mol. The molecule has 0 spiro atoms. The van der Waals surface area contributed by atoms with E-state index < -0.39 is 15.8 Å². The summed E-state index contributed by atoms with van der Waals surface area (Å²) in [6, 6.07) is 3.66. The summed E-state index contributed by atoms with van der Waals surface area (Å²) in [6.45, 7) is 4.90. The van der Waals surface area contributed by atoms with Gasteiger partial charge < -0.3 is 0 Å². The van der Waals surface area contributed by atoms with E-state index in [1.54, 1.807) is 0 Å². The Balaban J connectivity index is 2.36. The minimum absolute atomic E-state index is 0.192. The first-order valence-electron chi connectivity index (χ1n) is 6.26. The van der Waals surface area contributed by atoms with Gasteiger partial charge in [-0.1, -0.05) is 25.4 Å². The molecule has 2 atom stereocenters. The fraction of sp³-hybridized carbons (Fsp3) is 0.538. The third-order valence-electron chi connectivity index (χ3n) is 3.35. The van der Waals surface area contributed by atoms with Crippen LogP contribution in [-0.2, 0) is 10.0 Å². The number of hydrogen-bond acceptors (Lipinski definition) is 2. The predicted octanol–water partition coefficient (Wildman–Crippen LogP) is 3.15. The van der Waals surface area contributed by atoms with Gasteiger partial charge in [0.2, 0.25) is 10.0 Å². The van der Waals surface area contributed by atoms with Crippen molar-refractivity contribution in [1.82, 2.24) is 4.31 Å². The van der Waals surface area contributed by atoms with E-state index >= 15 is 0 Å². The predicted molar refractivity (Wildman–Crippen MR) is 73.1 cm³/mol. The topological polar surface area (TPSA) is 37.4 Å². The summed E-state index contributed by atoms with van der Waals surface area (Å²) >= 11 is 5.65. The number of rotatable bonds is 2. The molecule has 0 unspecified atom stereocenters. The molecule has 1 aromatic rings. The van der Waals surface area contributed by atoms with Crippen LogP contribution in [0, 0.1) is 17.7 Å². The van der Waals surface area contributed by atoms with E-state index in [2.05, 4.69) is 0 Å². The van der Waals surface area contributed by atoms with Crippen LogP contribution >= 0.6 is 11.6 Å². The van der Waals surface area contributed by atoms with E-state index in [9.17, 15) is 12.8 Å². The lowest BCUT2D eigenvalue weighted by Crippen LogP contribution is -2.42.